The quantitative estimate of drug-likeness (QED) is 0.386. The minimum atomic E-state index is -0.342. The van der Waals surface area contributed by atoms with Gasteiger partial charge < -0.3 is 15.0 Å². The van der Waals surface area contributed by atoms with Gasteiger partial charge in [-0.1, -0.05) is 30.3 Å². The molecule has 2 heterocycles. The van der Waals surface area contributed by atoms with Crippen LogP contribution in [0.1, 0.15) is 45.9 Å². The first-order chi connectivity index (χ1) is 14.9. The van der Waals surface area contributed by atoms with E-state index in [4.69, 9.17) is 17.0 Å². The fraction of sp³-hybridized carbons (Fsp3) is 0.348. The monoisotopic (exact) mass is 456 g/mol. The molecule has 0 spiro atoms. The molecule has 0 radical (unpaired) electrons. The van der Waals surface area contributed by atoms with E-state index in [-0.39, 0.29) is 5.97 Å². The largest absolute Gasteiger partial charge is 0.462 e. The molecule has 0 unspecified atom stereocenters. The molecule has 0 aliphatic rings. The SMILES string of the molecule is CCOC(=O)c1cc(Cc2ccccc2)sc1NC(=S)N(C)Cc1cn(CC)nc1C. The van der Waals surface area contributed by atoms with Crippen molar-refractivity contribution in [2.45, 2.75) is 40.3 Å². The third-order valence-corrected chi connectivity index (χ3v) is 6.31. The number of carbonyl (C=O) groups excluding carboxylic acids is 1. The second-order valence-corrected chi connectivity index (χ2v) is 8.74. The Morgan fingerprint density at radius 1 is 1.29 bits per heavy atom. The molecule has 3 rings (SSSR count). The summed E-state index contributed by atoms with van der Waals surface area (Å²) in [5.74, 6) is -0.342. The number of thiocarbonyl (C=S) groups is 1. The number of anilines is 1. The number of aromatic nitrogens is 2. The summed E-state index contributed by atoms with van der Waals surface area (Å²) in [6, 6.07) is 12.1. The van der Waals surface area contributed by atoms with Gasteiger partial charge in [-0.05, 0) is 44.6 Å². The van der Waals surface area contributed by atoms with Crippen molar-refractivity contribution < 1.29 is 9.53 Å². The van der Waals surface area contributed by atoms with Crippen LogP contribution in [0.3, 0.4) is 0 Å². The van der Waals surface area contributed by atoms with E-state index >= 15 is 0 Å². The van der Waals surface area contributed by atoms with Gasteiger partial charge in [-0.2, -0.15) is 5.10 Å². The Balaban J connectivity index is 1.76. The molecular formula is C23H28N4O2S2. The zero-order valence-corrected chi connectivity index (χ0v) is 20.0. The zero-order chi connectivity index (χ0) is 22.4. The van der Waals surface area contributed by atoms with Crippen molar-refractivity contribution in [1.29, 1.82) is 0 Å². The summed E-state index contributed by atoms with van der Waals surface area (Å²) >= 11 is 7.16. The lowest BCUT2D eigenvalue weighted by molar-refractivity contribution is 0.0528. The van der Waals surface area contributed by atoms with Crippen LogP contribution in [0.25, 0.3) is 0 Å². The second-order valence-electron chi connectivity index (χ2n) is 7.22. The molecule has 3 aromatic rings. The highest BCUT2D eigenvalue weighted by molar-refractivity contribution is 7.80. The van der Waals surface area contributed by atoms with Crippen molar-refractivity contribution in [3.63, 3.8) is 0 Å². The van der Waals surface area contributed by atoms with Crippen LogP contribution in [0.4, 0.5) is 5.00 Å². The number of nitrogens with one attached hydrogen (secondary N) is 1. The van der Waals surface area contributed by atoms with Gasteiger partial charge in [-0.3, -0.25) is 4.68 Å². The summed E-state index contributed by atoms with van der Waals surface area (Å²) in [7, 11) is 1.93. The van der Waals surface area contributed by atoms with E-state index in [1.54, 1.807) is 6.92 Å². The highest BCUT2D eigenvalue weighted by atomic mass is 32.1. The Labute approximate surface area is 192 Å². The number of ether oxygens (including phenoxy) is 1. The van der Waals surface area contributed by atoms with Crippen LogP contribution < -0.4 is 5.32 Å². The number of hydrogen-bond donors (Lipinski definition) is 1. The van der Waals surface area contributed by atoms with E-state index in [0.29, 0.717) is 28.8 Å². The number of hydrogen-bond acceptors (Lipinski definition) is 5. The van der Waals surface area contributed by atoms with Gasteiger partial charge in [0.05, 0.1) is 17.9 Å². The molecule has 2 aromatic heterocycles. The molecule has 0 saturated carbocycles. The van der Waals surface area contributed by atoms with E-state index in [0.717, 1.165) is 29.1 Å². The zero-order valence-electron chi connectivity index (χ0n) is 18.3. The Hall–Kier alpha value is -2.71. The van der Waals surface area contributed by atoms with Crippen LogP contribution in [0.2, 0.25) is 0 Å². The van der Waals surface area contributed by atoms with Crippen LogP contribution in [-0.2, 0) is 24.2 Å². The summed E-state index contributed by atoms with van der Waals surface area (Å²) in [5.41, 5.74) is 3.82. The lowest BCUT2D eigenvalue weighted by atomic mass is 10.1. The number of benzene rings is 1. The number of nitrogens with zero attached hydrogens (tertiary/aromatic N) is 3. The third kappa shape index (κ3) is 5.92. The van der Waals surface area contributed by atoms with Gasteiger partial charge in [0.15, 0.2) is 5.11 Å². The summed E-state index contributed by atoms with van der Waals surface area (Å²) in [4.78, 5) is 15.6. The van der Waals surface area contributed by atoms with Crippen LogP contribution in [0, 0.1) is 6.92 Å². The highest BCUT2D eigenvalue weighted by Crippen LogP contribution is 2.31. The number of rotatable bonds is 8. The van der Waals surface area contributed by atoms with Gasteiger partial charge in [0, 0.05) is 43.2 Å². The Morgan fingerprint density at radius 3 is 2.68 bits per heavy atom. The molecule has 8 heteroatoms. The molecule has 0 bridgehead atoms. The number of thiophene rings is 1. The maximum Gasteiger partial charge on any atom is 0.341 e. The average Bonchev–Trinajstić information content (AvgIpc) is 3.31. The number of aryl methyl sites for hydroxylation is 2. The van der Waals surface area contributed by atoms with Crippen LogP contribution in [-0.4, -0.2) is 39.4 Å². The van der Waals surface area contributed by atoms with Crippen LogP contribution >= 0.6 is 23.6 Å². The molecular weight excluding hydrogens is 428 g/mol. The molecule has 0 fully saturated rings. The molecule has 0 saturated heterocycles. The molecule has 6 nitrogen and oxygen atoms in total. The molecule has 0 aliphatic carbocycles. The normalized spacial score (nSPS) is 10.7. The standard InChI is InChI=1S/C23H28N4O2S2/c1-5-27-15-18(16(3)25-27)14-26(4)23(30)24-21-20(22(28)29-6-2)13-19(31-21)12-17-10-8-7-9-11-17/h7-11,13,15H,5-6,12,14H2,1-4H3,(H,24,30). The van der Waals surface area contributed by atoms with Gasteiger partial charge >= 0.3 is 5.97 Å². The Morgan fingerprint density at radius 2 is 2.03 bits per heavy atom. The molecule has 164 valence electrons. The van der Waals surface area contributed by atoms with Gasteiger partial charge in [-0.25, -0.2) is 4.79 Å². The summed E-state index contributed by atoms with van der Waals surface area (Å²) < 4.78 is 7.18. The van der Waals surface area contributed by atoms with Crippen LogP contribution in [0.15, 0.2) is 42.6 Å². The summed E-state index contributed by atoms with van der Waals surface area (Å²) in [6.45, 7) is 7.66. The predicted molar refractivity (Wildman–Crippen MR) is 130 cm³/mol. The lowest BCUT2D eigenvalue weighted by Crippen LogP contribution is -2.31. The fourth-order valence-electron chi connectivity index (χ4n) is 3.18. The molecule has 1 aromatic carbocycles. The topological polar surface area (TPSA) is 59.4 Å². The van der Waals surface area contributed by atoms with Crippen molar-refractivity contribution >= 4 is 39.6 Å². The maximum atomic E-state index is 12.5. The van der Waals surface area contributed by atoms with E-state index in [9.17, 15) is 4.79 Å². The van der Waals surface area contributed by atoms with Gasteiger partial charge in [0.2, 0.25) is 0 Å². The maximum absolute atomic E-state index is 12.5. The Bertz CT molecular complexity index is 1040. The van der Waals surface area contributed by atoms with Crippen molar-refractivity contribution in [2.75, 3.05) is 19.0 Å². The first-order valence-corrected chi connectivity index (χ1v) is 11.5. The number of esters is 1. The molecule has 0 aliphatic heterocycles. The minimum Gasteiger partial charge on any atom is -0.462 e. The highest BCUT2D eigenvalue weighted by Gasteiger charge is 2.20. The smallest absolute Gasteiger partial charge is 0.341 e. The lowest BCUT2D eigenvalue weighted by Gasteiger charge is -2.20. The van der Waals surface area contributed by atoms with Crippen molar-refractivity contribution in [2.24, 2.45) is 0 Å². The predicted octanol–water partition coefficient (Wildman–Crippen LogP) is 4.87. The van der Waals surface area contributed by atoms with Gasteiger partial charge in [0.25, 0.3) is 0 Å². The molecule has 0 atom stereocenters. The van der Waals surface area contributed by atoms with Gasteiger partial charge in [0.1, 0.15) is 5.00 Å². The number of carbonyl (C=O) groups is 1. The average molecular weight is 457 g/mol. The van der Waals surface area contributed by atoms with Crippen LogP contribution in [0.5, 0.6) is 0 Å². The van der Waals surface area contributed by atoms with E-state index in [1.807, 2.05) is 54.0 Å². The first kappa shape index (κ1) is 23.0. The Kier molecular flexibility index (Phi) is 7.81. The van der Waals surface area contributed by atoms with Gasteiger partial charge in [-0.15, -0.1) is 11.3 Å². The van der Waals surface area contributed by atoms with Crippen molar-refractivity contribution in [1.82, 2.24) is 14.7 Å². The van der Waals surface area contributed by atoms with Crippen molar-refractivity contribution in [3.05, 3.63) is 69.9 Å². The fourth-order valence-corrected chi connectivity index (χ4v) is 4.48. The second kappa shape index (κ2) is 10.5. The third-order valence-electron chi connectivity index (χ3n) is 4.85. The minimum absolute atomic E-state index is 0.327. The van der Waals surface area contributed by atoms with E-state index in [2.05, 4.69) is 29.5 Å². The molecule has 0 amide bonds. The first-order valence-electron chi connectivity index (χ1n) is 10.3. The summed E-state index contributed by atoms with van der Waals surface area (Å²) in [6.07, 6.45) is 2.79. The molecule has 1 N–H and O–H groups in total. The molecule has 31 heavy (non-hydrogen) atoms. The van der Waals surface area contributed by atoms with E-state index in [1.165, 1.54) is 16.9 Å². The van der Waals surface area contributed by atoms with E-state index < -0.39 is 0 Å². The van der Waals surface area contributed by atoms with Crippen molar-refractivity contribution in [3.8, 4) is 0 Å². The summed E-state index contributed by atoms with van der Waals surface area (Å²) in [5, 5.41) is 9.01.